The van der Waals surface area contributed by atoms with Crippen LogP contribution in [0, 0.1) is 0 Å². The topological polar surface area (TPSA) is 59.1 Å². The first-order chi connectivity index (χ1) is 6.73. The molecule has 0 aromatic carbocycles. The maximum absolute atomic E-state index is 12.1. The molecule has 3 N–H and O–H groups in total. The quantitative estimate of drug-likeness (QED) is 0.725. The first-order valence-corrected chi connectivity index (χ1v) is 3.58. The lowest BCUT2D eigenvalue weighted by atomic mass is 10.2. The van der Waals surface area contributed by atoms with E-state index in [0.717, 1.165) is 0 Å². The number of nitrogens with two attached hydrogens (primary N) is 1. The Balaban J connectivity index is 3.32. The second-order valence-corrected chi connectivity index (χ2v) is 2.62. The van der Waals surface area contributed by atoms with E-state index in [1.165, 1.54) is 0 Å². The Morgan fingerprint density at radius 3 is 2.27 bits per heavy atom. The number of anilines is 1. The zero-order valence-corrected chi connectivity index (χ0v) is 7.02. The molecule has 1 aromatic rings. The van der Waals surface area contributed by atoms with Crippen LogP contribution in [0.25, 0.3) is 0 Å². The van der Waals surface area contributed by atoms with Crippen LogP contribution < -0.4 is 5.73 Å². The molecule has 8 heteroatoms. The molecule has 15 heavy (non-hydrogen) atoms. The van der Waals surface area contributed by atoms with Crippen LogP contribution in [0.2, 0.25) is 0 Å². The molecule has 0 atom stereocenters. The van der Waals surface area contributed by atoms with Crippen LogP contribution in [-0.4, -0.2) is 10.1 Å². The van der Waals surface area contributed by atoms with E-state index >= 15 is 0 Å². The summed E-state index contributed by atoms with van der Waals surface area (Å²) in [6, 6.07) is 0.129. The van der Waals surface area contributed by atoms with Gasteiger partial charge in [-0.3, -0.25) is 0 Å². The van der Waals surface area contributed by atoms with E-state index in [2.05, 4.69) is 4.98 Å². The number of alkyl halides is 5. The third kappa shape index (κ3) is 2.25. The zero-order valence-electron chi connectivity index (χ0n) is 7.02. The first-order valence-electron chi connectivity index (χ1n) is 3.58. The van der Waals surface area contributed by atoms with E-state index in [9.17, 15) is 22.0 Å². The first kappa shape index (κ1) is 11.5. The van der Waals surface area contributed by atoms with Crippen molar-refractivity contribution < 1.29 is 27.1 Å². The van der Waals surface area contributed by atoms with Crippen LogP contribution in [0.5, 0.6) is 5.75 Å². The molecule has 0 spiro atoms. The number of aromatic hydroxyl groups is 1. The third-order valence-corrected chi connectivity index (χ3v) is 1.57. The highest BCUT2D eigenvalue weighted by molar-refractivity contribution is 5.47. The number of aromatic nitrogens is 1. The molecule has 0 saturated heterocycles. The van der Waals surface area contributed by atoms with Gasteiger partial charge in [-0.25, -0.2) is 13.8 Å². The van der Waals surface area contributed by atoms with Crippen LogP contribution in [0.3, 0.4) is 0 Å². The van der Waals surface area contributed by atoms with Gasteiger partial charge in [-0.05, 0) is 6.07 Å². The number of pyridine rings is 1. The van der Waals surface area contributed by atoms with Gasteiger partial charge in [0.2, 0.25) is 0 Å². The Hall–Kier alpha value is -1.60. The summed E-state index contributed by atoms with van der Waals surface area (Å²) >= 11 is 0. The molecule has 0 bridgehead atoms. The standard InChI is InChI=1S/C7H5F5N2O/c8-5(9)4-3(15)1-2(6(13)14-4)7(10,11)12/h1,5,15H,(H2,13,14). The summed E-state index contributed by atoms with van der Waals surface area (Å²) < 4.78 is 60.6. The number of nitrogens with zero attached hydrogens (tertiary/aromatic N) is 1. The normalized spacial score (nSPS) is 12.1. The van der Waals surface area contributed by atoms with Gasteiger partial charge < -0.3 is 10.8 Å². The van der Waals surface area contributed by atoms with Gasteiger partial charge in [0.05, 0.1) is 0 Å². The Morgan fingerprint density at radius 1 is 1.33 bits per heavy atom. The Morgan fingerprint density at radius 2 is 1.87 bits per heavy atom. The molecule has 1 rings (SSSR count). The van der Waals surface area contributed by atoms with E-state index in [4.69, 9.17) is 10.8 Å². The molecular weight excluding hydrogens is 223 g/mol. The third-order valence-electron chi connectivity index (χ3n) is 1.57. The molecule has 0 aliphatic rings. The maximum atomic E-state index is 12.1. The van der Waals surface area contributed by atoms with Crippen LogP contribution in [0.15, 0.2) is 6.07 Å². The molecule has 0 radical (unpaired) electrons. The smallest absolute Gasteiger partial charge is 0.420 e. The highest BCUT2D eigenvalue weighted by Crippen LogP contribution is 2.37. The number of hydrogen-bond donors (Lipinski definition) is 2. The molecule has 84 valence electrons. The van der Waals surface area contributed by atoms with Gasteiger partial charge in [-0.2, -0.15) is 13.2 Å². The summed E-state index contributed by atoms with van der Waals surface area (Å²) in [6.45, 7) is 0. The number of hydrogen-bond acceptors (Lipinski definition) is 3. The molecule has 0 fully saturated rings. The average molecular weight is 228 g/mol. The summed E-state index contributed by atoms with van der Waals surface area (Å²) in [7, 11) is 0. The molecule has 0 amide bonds. The number of halogens is 5. The maximum Gasteiger partial charge on any atom is 0.420 e. The van der Waals surface area contributed by atoms with Gasteiger partial charge in [0.25, 0.3) is 6.43 Å². The predicted molar refractivity (Wildman–Crippen MR) is 40.3 cm³/mol. The van der Waals surface area contributed by atoms with E-state index in [1.807, 2.05) is 0 Å². The monoisotopic (exact) mass is 228 g/mol. The van der Waals surface area contributed by atoms with Gasteiger partial charge in [-0.1, -0.05) is 0 Å². The van der Waals surface area contributed by atoms with Crippen molar-refractivity contribution in [2.45, 2.75) is 12.6 Å². The second kappa shape index (κ2) is 3.52. The van der Waals surface area contributed by atoms with Crippen molar-refractivity contribution >= 4 is 5.82 Å². The van der Waals surface area contributed by atoms with E-state index in [0.29, 0.717) is 0 Å². The SMILES string of the molecule is Nc1nc(C(F)F)c(O)cc1C(F)(F)F. The van der Waals surface area contributed by atoms with Crippen molar-refractivity contribution in [2.75, 3.05) is 5.73 Å². The van der Waals surface area contributed by atoms with Crippen molar-refractivity contribution in [3.8, 4) is 5.75 Å². The summed E-state index contributed by atoms with van der Waals surface area (Å²) in [5, 5.41) is 8.85. The van der Waals surface area contributed by atoms with Crippen LogP contribution >= 0.6 is 0 Å². The highest BCUT2D eigenvalue weighted by Gasteiger charge is 2.35. The summed E-state index contributed by atoms with van der Waals surface area (Å²) in [6.07, 6.45) is -8.02. The highest BCUT2D eigenvalue weighted by atomic mass is 19.4. The van der Waals surface area contributed by atoms with Gasteiger partial charge >= 0.3 is 6.18 Å². The van der Waals surface area contributed by atoms with Gasteiger partial charge in [0.1, 0.15) is 17.1 Å². The van der Waals surface area contributed by atoms with E-state index in [-0.39, 0.29) is 6.07 Å². The summed E-state index contributed by atoms with van der Waals surface area (Å²) in [5.74, 6) is -2.32. The lowest BCUT2D eigenvalue weighted by Gasteiger charge is -2.11. The zero-order chi connectivity index (χ0) is 11.8. The molecule has 0 saturated carbocycles. The number of nitrogen functional groups attached to an aromatic ring is 1. The van der Waals surface area contributed by atoms with Crippen molar-refractivity contribution in [1.82, 2.24) is 4.98 Å². The van der Waals surface area contributed by atoms with Crippen molar-refractivity contribution in [2.24, 2.45) is 0 Å². The van der Waals surface area contributed by atoms with Crippen LogP contribution in [0.4, 0.5) is 27.8 Å². The molecular formula is C7H5F5N2O. The lowest BCUT2D eigenvalue weighted by Crippen LogP contribution is -2.11. The fraction of sp³-hybridized carbons (Fsp3) is 0.286. The molecule has 1 aromatic heterocycles. The molecule has 0 aliphatic heterocycles. The molecule has 0 aliphatic carbocycles. The Bertz CT molecular complexity index is 376. The van der Waals surface area contributed by atoms with E-state index in [1.54, 1.807) is 0 Å². The van der Waals surface area contributed by atoms with Crippen molar-refractivity contribution in [3.05, 3.63) is 17.3 Å². The predicted octanol–water partition coefficient (Wildman–Crippen LogP) is 2.33. The minimum absolute atomic E-state index is 0.129. The largest absolute Gasteiger partial charge is 0.506 e. The Labute approximate surface area is 80.3 Å². The fourth-order valence-electron chi connectivity index (χ4n) is 0.920. The summed E-state index contributed by atoms with van der Waals surface area (Å²) in [5.41, 5.74) is 2.23. The van der Waals surface area contributed by atoms with Gasteiger partial charge in [0, 0.05) is 0 Å². The fourth-order valence-corrected chi connectivity index (χ4v) is 0.920. The second-order valence-electron chi connectivity index (χ2n) is 2.62. The number of rotatable bonds is 1. The van der Waals surface area contributed by atoms with Crippen LogP contribution in [0.1, 0.15) is 17.7 Å². The van der Waals surface area contributed by atoms with Crippen molar-refractivity contribution in [1.29, 1.82) is 0 Å². The lowest BCUT2D eigenvalue weighted by molar-refractivity contribution is -0.137. The van der Waals surface area contributed by atoms with Crippen LogP contribution in [-0.2, 0) is 6.18 Å². The summed E-state index contributed by atoms with van der Waals surface area (Å²) in [4.78, 5) is 2.80. The molecule has 3 nitrogen and oxygen atoms in total. The van der Waals surface area contributed by atoms with Gasteiger partial charge in [-0.15, -0.1) is 0 Å². The van der Waals surface area contributed by atoms with E-state index < -0.39 is 35.4 Å². The van der Waals surface area contributed by atoms with Gasteiger partial charge in [0.15, 0.2) is 5.69 Å². The Kier molecular flexibility index (Phi) is 2.69. The molecule has 0 unspecified atom stereocenters. The van der Waals surface area contributed by atoms with Crippen molar-refractivity contribution in [3.63, 3.8) is 0 Å². The average Bonchev–Trinajstić information content (AvgIpc) is 2.06. The minimum Gasteiger partial charge on any atom is -0.506 e. The minimum atomic E-state index is -4.84. The molecule has 1 heterocycles.